The monoisotopic (exact) mass is 1380 g/mol. The summed E-state index contributed by atoms with van der Waals surface area (Å²) in [6.07, 6.45) is 3.84. The Kier molecular flexibility index (Phi) is 51.5. The number of carboxylic acid groups (broad SMARTS) is 2. The molecule has 6 aromatic rings. The first-order valence-electron chi connectivity index (χ1n) is 24.8. The number of nitrogens with zero attached hydrogens (tertiary/aromatic N) is 10. The summed E-state index contributed by atoms with van der Waals surface area (Å²) in [4.78, 5) is 35.1. The van der Waals surface area contributed by atoms with E-state index in [1.807, 2.05) is 48.5 Å². The second-order valence-electron chi connectivity index (χ2n) is 17.0. The minimum absolute atomic E-state index is 0. The Hall–Kier alpha value is -6.78. The van der Waals surface area contributed by atoms with Gasteiger partial charge in [-0.05, 0) is 39.5 Å². The van der Waals surface area contributed by atoms with E-state index in [0.717, 1.165) is 37.3 Å². The molecule has 2 aliphatic heterocycles. The topological polar surface area (TPSA) is 438 Å². The maximum atomic E-state index is 12.6. The quantitative estimate of drug-likeness (QED) is 0.0723. The van der Waals surface area contributed by atoms with Crippen LogP contribution in [0.25, 0.3) is 0 Å². The van der Waals surface area contributed by atoms with Gasteiger partial charge in [-0.1, -0.05) is 146 Å². The first kappa shape index (κ1) is 88.0. The minimum Gasteiger partial charge on any atom is -0.872 e. The van der Waals surface area contributed by atoms with Crippen molar-refractivity contribution in [3.63, 3.8) is 0 Å². The Labute approximate surface area is 552 Å². The zero-order valence-corrected chi connectivity index (χ0v) is 60.1. The number of hydrogen-bond donors (Lipinski definition) is 0. The van der Waals surface area contributed by atoms with E-state index in [1.165, 1.54) is 38.1 Å². The molecule has 0 atom stereocenters. The van der Waals surface area contributed by atoms with Gasteiger partial charge in [-0.25, -0.2) is 0 Å². The van der Waals surface area contributed by atoms with Crippen LogP contribution in [0.15, 0.2) is 166 Å². The number of carbonyl (C=O) groups is 1. The van der Waals surface area contributed by atoms with Crippen molar-refractivity contribution in [2.45, 2.75) is 26.2 Å². The summed E-state index contributed by atoms with van der Waals surface area (Å²) in [5.41, 5.74) is 3.77. The van der Waals surface area contributed by atoms with E-state index in [2.05, 4.69) is 39.6 Å². The summed E-state index contributed by atoms with van der Waals surface area (Å²) >= 11 is 0. The van der Waals surface area contributed by atoms with Crippen molar-refractivity contribution in [2.24, 2.45) is 20.0 Å². The molecule has 27 heteroatoms. The van der Waals surface area contributed by atoms with Crippen LogP contribution in [0.3, 0.4) is 0 Å². The van der Waals surface area contributed by atoms with Crippen LogP contribution >= 0.6 is 0 Å². The Balaban J connectivity index is -0.000000407. The van der Waals surface area contributed by atoms with Gasteiger partial charge < -0.3 is 67.6 Å². The fraction of sp³-hybridized carbons (Fsp3) is 0.271. The Morgan fingerprint density at radius 2 is 0.581 bits per heavy atom. The second-order valence-corrected chi connectivity index (χ2v) is 17.0. The normalized spacial score (nSPS) is 14.1. The third kappa shape index (κ3) is 30.5. The number of benzene rings is 6. The zero-order valence-electron chi connectivity index (χ0n) is 48.3. The van der Waals surface area contributed by atoms with Crippen LogP contribution in [0.1, 0.15) is 59.6 Å². The number of carbonyl (C=O) groups excluding carboxylic acids is 1. The van der Waals surface area contributed by atoms with Crippen LogP contribution in [-0.4, -0.2) is 151 Å². The first-order chi connectivity index (χ1) is 37.8. The standard InChI is InChI=1S/2C27H30N4O3.2C2H3N.CH2O3.4H2O.4Zn/c2*32-24-10-4-1-7-21(24)19-28-13-15-30-17-18-31(27(30)23-9-3-6-12-26(23)34)16-14-29-20-22-8-2-5-11-25(22)33;2*1-2-3;2-1(3)4;;;;;;;;/h2*1-12,19-20,27,32-34H,13-18H2;2*1H3;(H2,2,3,4);4*1H2;;;;/q;;;;;;;;;4*+2/p-8. The average Bonchev–Trinajstić information content (AvgIpc) is 4.02. The Morgan fingerprint density at radius 1 is 0.407 bits per heavy atom. The summed E-state index contributed by atoms with van der Waals surface area (Å²) in [5, 5.41) is 104. The number of nitriles is 2. The molecule has 0 aromatic heterocycles. The molecule has 0 spiro atoms. The van der Waals surface area contributed by atoms with E-state index in [-0.39, 0.29) is 147 Å². The van der Waals surface area contributed by atoms with E-state index in [1.54, 1.807) is 110 Å². The summed E-state index contributed by atoms with van der Waals surface area (Å²) in [7, 11) is 0. The van der Waals surface area contributed by atoms with Gasteiger partial charge in [0.1, 0.15) is 0 Å². The SMILES string of the molecule is CC#N.CC#N.O.O.O.O.O=C([O-])[O-].[O-]c1ccccc1C=NCCN1CCN(CCN=Cc2ccccc2[O-])C1c1ccccc1[O-].[O-]c1ccccc1C=NCCN1CCN(CCN=Cc2ccccc2[O-])C1c1ccccc1[O-].[Zn+2].[Zn+2].[Zn+2].[Zn+2]. The van der Waals surface area contributed by atoms with Gasteiger partial charge in [0.05, 0.1) is 50.6 Å². The molecule has 23 nitrogen and oxygen atoms in total. The van der Waals surface area contributed by atoms with Crippen LogP contribution in [0.2, 0.25) is 0 Å². The third-order valence-electron chi connectivity index (χ3n) is 11.8. The number of hydrogen-bond acceptors (Lipinski definition) is 19. The van der Waals surface area contributed by atoms with Gasteiger partial charge in [-0.3, -0.25) is 39.6 Å². The third-order valence-corrected chi connectivity index (χ3v) is 11.8. The molecule has 0 bridgehead atoms. The summed E-state index contributed by atoms with van der Waals surface area (Å²) in [6, 6.07) is 45.0. The summed E-state index contributed by atoms with van der Waals surface area (Å²) in [5.74, 6) is -0.156. The van der Waals surface area contributed by atoms with Crippen LogP contribution in [0, 0.1) is 22.7 Å². The predicted molar refractivity (Wildman–Crippen MR) is 299 cm³/mol. The van der Waals surface area contributed by atoms with E-state index < -0.39 is 6.16 Å². The smallest absolute Gasteiger partial charge is 0.872 e. The minimum atomic E-state index is -2.33. The number of rotatable bonds is 18. The van der Waals surface area contributed by atoms with Gasteiger partial charge in [-0.2, -0.15) is 10.5 Å². The van der Waals surface area contributed by atoms with Crippen molar-refractivity contribution in [1.82, 2.24) is 19.6 Å². The van der Waals surface area contributed by atoms with Crippen LogP contribution in [-0.2, 0) is 77.9 Å². The van der Waals surface area contributed by atoms with Crippen molar-refractivity contribution in [1.29, 1.82) is 10.5 Å². The van der Waals surface area contributed by atoms with Gasteiger partial charge in [0.2, 0.25) is 0 Å². The second kappa shape index (κ2) is 50.4. The molecular weight excluding hydrogens is 1320 g/mol. The van der Waals surface area contributed by atoms with Gasteiger partial charge >= 0.3 is 77.9 Å². The number of aliphatic imine (C=N–C) groups is 4. The molecule has 2 fully saturated rings. The van der Waals surface area contributed by atoms with Crippen LogP contribution in [0.4, 0.5) is 4.79 Å². The first-order valence-corrected chi connectivity index (χ1v) is 24.8. The molecule has 86 heavy (non-hydrogen) atoms. The molecule has 2 saturated heterocycles. The predicted octanol–water partition coefficient (Wildman–Crippen LogP) is -1.17. The van der Waals surface area contributed by atoms with Crippen molar-refractivity contribution in [3.8, 4) is 46.6 Å². The van der Waals surface area contributed by atoms with E-state index >= 15 is 0 Å². The van der Waals surface area contributed by atoms with Crippen LogP contribution in [0.5, 0.6) is 34.5 Å². The molecule has 0 unspecified atom stereocenters. The summed E-state index contributed by atoms with van der Waals surface area (Å²) < 4.78 is 0. The molecule has 8 rings (SSSR count). The van der Waals surface area contributed by atoms with Crippen molar-refractivity contribution in [3.05, 3.63) is 179 Å². The van der Waals surface area contributed by atoms with Crippen molar-refractivity contribution >= 4 is 31.0 Å². The zero-order chi connectivity index (χ0) is 56.5. The fourth-order valence-electron chi connectivity index (χ4n) is 8.32. The van der Waals surface area contributed by atoms with Gasteiger partial charge in [0.15, 0.2) is 0 Å². The molecule has 0 radical (unpaired) electrons. The summed E-state index contributed by atoms with van der Waals surface area (Å²) in [6.45, 7) is 10.9. The molecule has 6 aromatic carbocycles. The molecule has 2 heterocycles. The number of para-hydroxylation sites is 6. The fourth-order valence-corrected chi connectivity index (χ4v) is 8.32. The molecule has 0 saturated carbocycles. The average molecular weight is 1390 g/mol. The van der Waals surface area contributed by atoms with Gasteiger partial charge in [0, 0.05) is 91.1 Å². The van der Waals surface area contributed by atoms with E-state index in [0.29, 0.717) is 74.6 Å². The van der Waals surface area contributed by atoms with E-state index in [9.17, 15) is 30.6 Å². The Bertz CT molecular complexity index is 2680. The molecule has 440 valence electrons. The maximum absolute atomic E-state index is 12.6. The van der Waals surface area contributed by atoms with Crippen molar-refractivity contribution < 1.29 is 145 Å². The maximum Gasteiger partial charge on any atom is 2.00 e. The molecule has 8 N–H and O–H groups in total. The van der Waals surface area contributed by atoms with Crippen molar-refractivity contribution in [2.75, 3.05) is 78.5 Å². The Morgan fingerprint density at radius 3 is 0.767 bits per heavy atom. The molecule has 0 aliphatic carbocycles. The van der Waals surface area contributed by atoms with Crippen LogP contribution < -0.4 is 40.9 Å². The van der Waals surface area contributed by atoms with Gasteiger partial charge in [-0.15, -0.1) is 34.5 Å². The van der Waals surface area contributed by atoms with Gasteiger partial charge in [0.25, 0.3) is 0 Å². The molecular formula is C59H68N10O13Zn4. The van der Waals surface area contributed by atoms with E-state index in [4.69, 9.17) is 25.5 Å². The molecule has 2 aliphatic rings. The largest absolute Gasteiger partial charge is 2.00 e. The molecule has 0 amide bonds.